The zero-order valence-electron chi connectivity index (χ0n) is 15.2. The van der Waals surface area contributed by atoms with Gasteiger partial charge in [-0.2, -0.15) is 0 Å². The standard InChI is InChI=1S/C24H20O2/c1-4-5-19-14-15-24(2,3)22-16-18(10-13-21(19)22)7-6-17-8-11-20(12-9-17)23(25)26/h8-14,16H,15H2,1-3H3,(H,25,26). The number of carboxylic acid groups (broad SMARTS) is 1. The fourth-order valence-corrected chi connectivity index (χ4v) is 3.09. The molecule has 2 aromatic rings. The molecular formula is C24H20O2. The largest absolute Gasteiger partial charge is 0.478 e. The maximum Gasteiger partial charge on any atom is 0.335 e. The van der Waals surface area contributed by atoms with E-state index in [0.29, 0.717) is 0 Å². The third kappa shape index (κ3) is 3.56. The molecule has 1 aliphatic rings. The second kappa shape index (κ2) is 6.95. The summed E-state index contributed by atoms with van der Waals surface area (Å²) in [5.74, 6) is 11.6. The van der Waals surface area contributed by atoms with E-state index in [2.05, 4.69) is 55.7 Å². The number of fused-ring (bicyclic) bond motifs is 1. The van der Waals surface area contributed by atoms with Gasteiger partial charge in [0, 0.05) is 16.7 Å². The smallest absolute Gasteiger partial charge is 0.335 e. The summed E-state index contributed by atoms with van der Waals surface area (Å²) in [7, 11) is 0. The van der Waals surface area contributed by atoms with Crippen LogP contribution >= 0.6 is 0 Å². The number of rotatable bonds is 1. The van der Waals surface area contributed by atoms with Gasteiger partial charge in [0.15, 0.2) is 0 Å². The summed E-state index contributed by atoms with van der Waals surface area (Å²) in [4.78, 5) is 10.9. The zero-order chi connectivity index (χ0) is 18.7. The summed E-state index contributed by atoms with van der Waals surface area (Å²) in [5, 5.41) is 8.95. The Morgan fingerprint density at radius 3 is 2.31 bits per heavy atom. The number of allylic oxidation sites excluding steroid dienone is 2. The Hall–Kier alpha value is -3.23. The molecule has 0 aliphatic heterocycles. The first-order valence-electron chi connectivity index (χ1n) is 8.54. The highest BCUT2D eigenvalue weighted by Crippen LogP contribution is 2.38. The van der Waals surface area contributed by atoms with Gasteiger partial charge in [0.2, 0.25) is 0 Å². The Morgan fingerprint density at radius 2 is 1.65 bits per heavy atom. The molecule has 2 aromatic carbocycles. The summed E-state index contributed by atoms with van der Waals surface area (Å²) in [5.41, 5.74) is 5.61. The lowest BCUT2D eigenvalue weighted by molar-refractivity contribution is 0.0697. The third-order valence-electron chi connectivity index (χ3n) is 4.60. The SMILES string of the molecule is CC#CC1=CCC(C)(C)c2cc(C#Cc3ccc(C(=O)O)cc3)ccc21. The molecular weight excluding hydrogens is 320 g/mol. The average molecular weight is 340 g/mol. The number of benzene rings is 2. The Kier molecular flexibility index (Phi) is 4.70. The van der Waals surface area contributed by atoms with E-state index in [1.165, 1.54) is 11.1 Å². The fourth-order valence-electron chi connectivity index (χ4n) is 3.09. The molecule has 0 saturated heterocycles. The van der Waals surface area contributed by atoms with Gasteiger partial charge in [-0.3, -0.25) is 0 Å². The van der Waals surface area contributed by atoms with Crippen LogP contribution in [0.25, 0.3) is 5.57 Å². The first-order chi connectivity index (χ1) is 12.4. The summed E-state index contributed by atoms with van der Waals surface area (Å²) in [6.07, 6.45) is 3.17. The van der Waals surface area contributed by atoms with Gasteiger partial charge in [0.1, 0.15) is 0 Å². The van der Waals surface area contributed by atoms with Gasteiger partial charge >= 0.3 is 5.97 Å². The molecule has 0 unspecified atom stereocenters. The fraction of sp³-hybridized carbons (Fsp3) is 0.208. The van der Waals surface area contributed by atoms with Gasteiger partial charge in [-0.25, -0.2) is 4.79 Å². The van der Waals surface area contributed by atoms with Crippen molar-refractivity contribution in [2.45, 2.75) is 32.6 Å². The molecule has 0 radical (unpaired) electrons. The van der Waals surface area contributed by atoms with Gasteiger partial charge in [0.25, 0.3) is 0 Å². The second-order valence-corrected chi connectivity index (χ2v) is 6.97. The lowest BCUT2D eigenvalue weighted by Crippen LogP contribution is -2.21. The van der Waals surface area contributed by atoms with Crippen LogP contribution in [0.1, 0.15) is 59.8 Å². The molecule has 0 aromatic heterocycles. The zero-order valence-corrected chi connectivity index (χ0v) is 15.2. The summed E-state index contributed by atoms with van der Waals surface area (Å²) >= 11 is 0. The molecule has 0 heterocycles. The molecule has 1 aliphatic carbocycles. The third-order valence-corrected chi connectivity index (χ3v) is 4.60. The van der Waals surface area contributed by atoms with E-state index in [1.54, 1.807) is 24.3 Å². The molecule has 0 fully saturated rings. The predicted octanol–water partition coefficient (Wildman–Crippen LogP) is 4.87. The number of hydrogen-bond acceptors (Lipinski definition) is 1. The van der Waals surface area contributed by atoms with Crippen LogP contribution in [0.4, 0.5) is 0 Å². The van der Waals surface area contributed by atoms with Gasteiger partial charge < -0.3 is 5.11 Å². The van der Waals surface area contributed by atoms with Crippen LogP contribution in [-0.4, -0.2) is 11.1 Å². The first kappa shape index (κ1) is 17.6. The van der Waals surface area contributed by atoms with Crippen molar-refractivity contribution in [2.75, 3.05) is 0 Å². The lowest BCUT2D eigenvalue weighted by atomic mass is 9.73. The Bertz CT molecular complexity index is 1010. The van der Waals surface area contributed by atoms with Crippen LogP contribution in [0, 0.1) is 23.7 Å². The maximum absolute atomic E-state index is 10.9. The first-order valence-corrected chi connectivity index (χ1v) is 8.54. The quantitative estimate of drug-likeness (QED) is 0.752. The topological polar surface area (TPSA) is 37.3 Å². The summed E-state index contributed by atoms with van der Waals surface area (Å²) in [6, 6.07) is 12.9. The Balaban J connectivity index is 1.95. The highest BCUT2D eigenvalue weighted by atomic mass is 16.4. The van der Waals surface area contributed by atoms with E-state index in [4.69, 9.17) is 5.11 Å². The monoisotopic (exact) mass is 340 g/mol. The van der Waals surface area contributed by atoms with Crippen LogP contribution in [0.2, 0.25) is 0 Å². The summed E-state index contributed by atoms with van der Waals surface area (Å²) in [6.45, 7) is 6.33. The highest BCUT2D eigenvalue weighted by molar-refractivity contribution is 5.87. The molecule has 0 atom stereocenters. The van der Waals surface area contributed by atoms with Crippen molar-refractivity contribution in [1.29, 1.82) is 0 Å². The molecule has 26 heavy (non-hydrogen) atoms. The number of carboxylic acids is 1. The predicted molar refractivity (Wildman–Crippen MR) is 105 cm³/mol. The van der Waals surface area contributed by atoms with Crippen molar-refractivity contribution in [2.24, 2.45) is 0 Å². The molecule has 0 amide bonds. The van der Waals surface area contributed by atoms with Crippen LogP contribution in [-0.2, 0) is 5.41 Å². The lowest BCUT2D eigenvalue weighted by Gasteiger charge is -2.31. The molecule has 0 saturated carbocycles. The van der Waals surface area contributed by atoms with Gasteiger partial charge in [-0.1, -0.05) is 43.8 Å². The van der Waals surface area contributed by atoms with Crippen molar-refractivity contribution < 1.29 is 9.90 Å². The van der Waals surface area contributed by atoms with Crippen molar-refractivity contribution >= 4 is 11.5 Å². The Labute approximate surface area is 154 Å². The van der Waals surface area contributed by atoms with Crippen molar-refractivity contribution in [1.82, 2.24) is 0 Å². The Morgan fingerprint density at radius 1 is 1.00 bits per heavy atom. The number of aromatic carboxylic acids is 1. The van der Waals surface area contributed by atoms with E-state index in [1.807, 2.05) is 13.0 Å². The van der Waals surface area contributed by atoms with Crippen molar-refractivity contribution in [3.8, 4) is 23.7 Å². The van der Waals surface area contributed by atoms with E-state index in [-0.39, 0.29) is 11.0 Å². The number of carbonyl (C=O) groups is 1. The maximum atomic E-state index is 10.9. The van der Waals surface area contributed by atoms with Crippen LogP contribution in [0.3, 0.4) is 0 Å². The molecule has 0 spiro atoms. The van der Waals surface area contributed by atoms with Crippen LogP contribution in [0.15, 0.2) is 48.5 Å². The average Bonchev–Trinajstić information content (AvgIpc) is 2.63. The highest BCUT2D eigenvalue weighted by Gasteiger charge is 2.27. The minimum Gasteiger partial charge on any atom is -0.478 e. The molecule has 2 heteroatoms. The minimum absolute atomic E-state index is 0.0507. The molecule has 128 valence electrons. The molecule has 1 N–H and O–H groups in total. The van der Waals surface area contributed by atoms with Gasteiger partial charge in [-0.05, 0) is 66.3 Å². The minimum atomic E-state index is -0.930. The number of hydrogen-bond donors (Lipinski definition) is 1. The normalized spacial score (nSPS) is 14.0. The molecule has 0 bridgehead atoms. The van der Waals surface area contributed by atoms with Crippen molar-refractivity contribution in [3.05, 3.63) is 76.4 Å². The van der Waals surface area contributed by atoms with Crippen LogP contribution in [0.5, 0.6) is 0 Å². The second-order valence-electron chi connectivity index (χ2n) is 6.97. The van der Waals surface area contributed by atoms with Gasteiger partial charge in [-0.15, -0.1) is 5.92 Å². The van der Waals surface area contributed by atoms with E-state index in [9.17, 15) is 4.79 Å². The molecule has 2 nitrogen and oxygen atoms in total. The van der Waals surface area contributed by atoms with Crippen molar-refractivity contribution in [3.63, 3.8) is 0 Å². The summed E-state index contributed by atoms with van der Waals surface area (Å²) < 4.78 is 0. The van der Waals surface area contributed by atoms with E-state index < -0.39 is 5.97 Å². The molecule has 3 rings (SSSR count). The van der Waals surface area contributed by atoms with E-state index >= 15 is 0 Å². The van der Waals surface area contributed by atoms with E-state index in [0.717, 1.165) is 23.1 Å². The van der Waals surface area contributed by atoms with Gasteiger partial charge in [0.05, 0.1) is 5.56 Å². The van der Waals surface area contributed by atoms with Crippen LogP contribution < -0.4 is 0 Å².